The Morgan fingerprint density at radius 2 is 2.17 bits per heavy atom. The predicted molar refractivity (Wildman–Crippen MR) is 66.9 cm³/mol. The molecule has 2 aromatic rings. The number of hydrogen-bond acceptors (Lipinski definition) is 5. The molecular formula is C12H17N5O. The van der Waals surface area contributed by atoms with Crippen molar-refractivity contribution in [1.29, 1.82) is 0 Å². The lowest BCUT2D eigenvalue weighted by Gasteiger charge is -2.26. The molecule has 1 N–H and O–H groups in total. The third-order valence-corrected chi connectivity index (χ3v) is 3.28. The molecule has 96 valence electrons. The van der Waals surface area contributed by atoms with Crippen LogP contribution in [0.5, 0.6) is 0 Å². The van der Waals surface area contributed by atoms with Gasteiger partial charge in [0.25, 0.3) is 0 Å². The highest BCUT2D eigenvalue weighted by Crippen LogP contribution is 2.18. The first-order valence-corrected chi connectivity index (χ1v) is 6.20. The van der Waals surface area contributed by atoms with Crippen LogP contribution in [0.15, 0.2) is 22.8 Å². The highest BCUT2D eigenvalue weighted by molar-refractivity contribution is 5.46. The minimum absolute atomic E-state index is 0.761. The Morgan fingerprint density at radius 3 is 2.89 bits per heavy atom. The van der Waals surface area contributed by atoms with Gasteiger partial charge in [0, 0.05) is 33.2 Å². The molecule has 0 atom stereocenters. The summed E-state index contributed by atoms with van der Waals surface area (Å²) in [7, 11) is 1.98. The van der Waals surface area contributed by atoms with Crippen LogP contribution in [-0.4, -0.2) is 45.8 Å². The number of hydrogen-bond donors (Lipinski definition) is 1. The molecule has 3 heterocycles. The molecule has 0 saturated carbocycles. The topological polar surface area (TPSA) is 59.1 Å². The van der Waals surface area contributed by atoms with Crippen LogP contribution >= 0.6 is 0 Å². The van der Waals surface area contributed by atoms with Crippen LogP contribution in [0.25, 0.3) is 11.6 Å². The molecule has 1 saturated heterocycles. The van der Waals surface area contributed by atoms with Gasteiger partial charge in [-0.3, -0.25) is 4.90 Å². The third-order valence-electron chi connectivity index (χ3n) is 3.28. The Hall–Kier alpha value is -1.66. The van der Waals surface area contributed by atoms with Crippen LogP contribution in [-0.2, 0) is 13.6 Å². The average molecular weight is 247 g/mol. The van der Waals surface area contributed by atoms with Crippen molar-refractivity contribution in [2.75, 3.05) is 26.2 Å². The van der Waals surface area contributed by atoms with E-state index in [4.69, 9.17) is 4.42 Å². The predicted octanol–water partition coefficient (Wildman–Crippen LogP) is 0.480. The maximum Gasteiger partial charge on any atom is 0.199 e. The molecule has 0 spiro atoms. The Balaban J connectivity index is 1.77. The molecular weight excluding hydrogens is 230 g/mol. The van der Waals surface area contributed by atoms with E-state index in [0.29, 0.717) is 0 Å². The summed E-state index contributed by atoms with van der Waals surface area (Å²) < 4.78 is 7.36. The van der Waals surface area contributed by atoms with Crippen LogP contribution in [0.1, 0.15) is 5.82 Å². The van der Waals surface area contributed by atoms with E-state index >= 15 is 0 Å². The zero-order chi connectivity index (χ0) is 12.4. The molecule has 6 nitrogen and oxygen atoms in total. The number of nitrogens with one attached hydrogen (secondary N) is 1. The molecule has 0 bridgehead atoms. The van der Waals surface area contributed by atoms with E-state index in [9.17, 15) is 0 Å². The maximum atomic E-state index is 5.36. The van der Waals surface area contributed by atoms with Crippen LogP contribution in [0.4, 0.5) is 0 Å². The van der Waals surface area contributed by atoms with Crippen molar-refractivity contribution in [2.45, 2.75) is 6.54 Å². The monoisotopic (exact) mass is 247 g/mol. The Kier molecular flexibility index (Phi) is 3.12. The quantitative estimate of drug-likeness (QED) is 0.855. The van der Waals surface area contributed by atoms with E-state index in [-0.39, 0.29) is 0 Å². The molecule has 1 aliphatic heterocycles. The van der Waals surface area contributed by atoms with Crippen molar-refractivity contribution in [3.05, 3.63) is 24.2 Å². The van der Waals surface area contributed by atoms with Crippen molar-refractivity contribution >= 4 is 0 Å². The van der Waals surface area contributed by atoms with E-state index in [2.05, 4.69) is 20.4 Å². The van der Waals surface area contributed by atoms with E-state index in [1.807, 2.05) is 23.7 Å². The highest BCUT2D eigenvalue weighted by atomic mass is 16.3. The zero-order valence-electron chi connectivity index (χ0n) is 10.5. The zero-order valence-corrected chi connectivity index (χ0v) is 10.5. The molecule has 18 heavy (non-hydrogen) atoms. The van der Waals surface area contributed by atoms with Crippen molar-refractivity contribution < 1.29 is 4.42 Å². The largest absolute Gasteiger partial charge is 0.461 e. The number of piperazine rings is 1. The molecule has 3 rings (SSSR count). The lowest BCUT2D eigenvalue weighted by atomic mass is 10.3. The third kappa shape index (κ3) is 2.16. The van der Waals surface area contributed by atoms with Gasteiger partial charge < -0.3 is 14.3 Å². The number of nitrogens with zero attached hydrogens (tertiary/aromatic N) is 4. The Bertz CT molecular complexity index is 499. The first-order chi connectivity index (χ1) is 8.84. The van der Waals surface area contributed by atoms with Gasteiger partial charge in [-0.25, -0.2) is 0 Å². The summed E-state index contributed by atoms with van der Waals surface area (Å²) in [5, 5.41) is 11.8. The SMILES string of the molecule is Cn1c(CN2CCNCC2)nnc1-c1ccco1. The first-order valence-electron chi connectivity index (χ1n) is 6.20. The molecule has 0 amide bonds. The standard InChI is InChI=1S/C12H17N5O/c1-16-11(9-17-6-4-13-5-7-17)14-15-12(16)10-3-2-8-18-10/h2-3,8,13H,4-7,9H2,1H3. The summed E-state index contributed by atoms with van der Waals surface area (Å²) in [6, 6.07) is 3.76. The second kappa shape index (κ2) is 4.91. The van der Waals surface area contributed by atoms with Gasteiger partial charge in [-0.15, -0.1) is 10.2 Å². The minimum Gasteiger partial charge on any atom is -0.461 e. The summed E-state index contributed by atoms with van der Waals surface area (Å²) in [4.78, 5) is 2.38. The fourth-order valence-electron chi connectivity index (χ4n) is 2.19. The van der Waals surface area contributed by atoms with Gasteiger partial charge in [-0.1, -0.05) is 0 Å². The summed E-state index contributed by atoms with van der Waals surface area (Å²) >= 11 is 0. The van der Waals surface area contributed by atoms with Crippen molar-refractivity contribution in [3.63, 3.8) is 0 Å². The number of rotatable bonds is 3. The highest BCUT2D eigenvalue weighted by Gasteiger charge is 2.16. The summed E-state index contributed by atoms with van der Waals surface area (Å²) in [5.74, 6) is 2.52. The smallest absolute Gasteiger partial charge is 0.199 e. The van der Waals surface area contributed by atoms with Gasteiger partial charge in [0.15, 0.2) is 11.6 Å². The minimum atomic E-state index is 0.761. The van der Waals surface area contributed by atoms with Crippen molar-refractivity contribution in [2.24, 2.45) is 7.05 Å². The van der Waals surface area contributed by atoms with Gasteiger partial charge in [-0.2, -0.15) is 0 Å². The van der Waals surface area contributed by atoms with Gasteiger partial charge in [0.2, 0.25) is 0 Å². The summed E-state index contributed by atoms with van der Waals surface area (Å²) in [6.45, 7) is 5.05. The van der Waals surface area contributed by atoms with Crippen LogP contribution in [0, 0.1) is 0 Å². The molecule has 0 aromatic carbocycles. The summed E-state index contributed by atoms with van der Waals surface area (Å²) in [6.07, 6.45) is 1.65. The average Bonchev–Trinajstić information content (AvgIpc) is 3.02. The van der Waals surface area contributed by atoms with E-state index in [0.717, 1.165) is 50.1 Å². The lowest BCUT2D eigenvalue weighted by molar-refractivity contribution is 0.226. The lowest BCUT2D eigenvalue weighted by Crippen LogP contribution is -2.43. The van der Waals surface area contributed by atoms with Crippen LogP contribution in [0.2, 0.25) is 0 Å². The molecule has 6 heteroatoms. The summed E-state index contributed by atoms with van der Waals surface area (Å²) in [5.41, 5.74) is 0. The van der Waals surface area contributed by atoms with Crippen molar-refractivity contribution in [3.8, 4) is 11.6 Å². The maximum absolute atomic E-state index is 5.36. The fourth-order valence-corrected chi connectivity index (χ4v) is 2.19. The molecule has 2 aromatic heterocycles. The molecule has 1 aliphatic rings. The van der Waals surface area contributed by atoms with E-state index in [1.165, 1.54) is 0 Å². The first kappa shape index (κ1) is 11.4. The molecule has 0 unspecified atom stereocenters. The number of aromatic nitrogens is 3. The van der Waals surface area contributed by atoms with Crippen molar-refractivity contribution in [1.82, 2.24) is 25.0 Å². The van der Waals surface area contributed by atoms with Gasteiger partial charge in [0.1, 0.15) is 5.82 Å². The van der Waals surface area contributed by atoms with E-state index < -0.39 is 0 Å². The Morgan fingerprint density at radius 1 is 1.33 bits per heavy atom. The normalized spacial score (nSPS) is 17.2. The van der Waals surface area contributed by atoms with Crippen LogP contribution < -0.4 is 5.32 Å². The van der Waals surface area contributed by atoms with Gasteiger partial charge >= 0.3 is 0 Å². The van der Waals surface area contributed by atoms with Gasteiger partial charge in [0.05, 0.1) is 12.8 Å². The second-order valence-corrected chi connectivity index (χ2v) is 4.50. The van der Waals surface area contributed by atoms with Crippen LogP contribution in [0.3, 0.4) is 0 Å². The van der Waals surface area contributed by atoms with Gasteiger partial charge in [-0.05, 0) is 12.1 Å². The second-order valence-electron chi connectivity index (χ2n) is 4.50. The number of furan rings is 1. The van der Waals surface area contributed by atoms with E-state index in [1.54, 1.807) is 6.26 Å². The molecule has 0 radical (unpaired) electrons. The molecule has 1 fully saturated rings. The molecule has 0 aliphatic carbocycles. The fraction of sp³-hybridized carbons (Fsp3) is 0.500. The Labute approximate surface area is 106 Å².